The molecule has 1 heterocycles. The lowest BCUT2D eigenvalue weighted by atomic mass is 10.2. The quantitative estimate of drug-likeness (QED) is 0.865. The van der Waals surface area contributed by atoms with Gasteiger partial charge in [-0.05, 0) is 47.8 Å². The maximum absolute atomic E-state index is 5.95. The molecular weight excluding hydrogens is 338 g/mol. The predicted octanol–water partition coefficient (Wildman–Crippen LogP) is 3.32. The SMILES string of the molecule is CNCc1coc(-c2cc(Cl)ccc2I)n1. The fourth-order valence-electron chi connectivity index (χ4n) is 1.35. The topological polar surface area (TPSA) is 38.1 Å². The lowest BCUT2D eigenvalue weighted by Gasteiger charge is -1.99. The summed E-state index contributed by atoms with van der Waals surface area (Å²) in [6.45, 7) is 0.695. The number of aromatic nitrogens is 1. The smallest absolute Gasteiger partial charge is 0.227 e. The Hall–Kier alpha value is -0.590. The molecule has 0 saturated carbocycles. The summed E-state index contributed by atoms with van der Waals surface area (Å²) >= 11 is 8.19. The van der Waals surface area contributed by atoms with Gasteiger partial charge in [0.25, 0.3) is 0 Å². The Labute approximate surface area is 112 Å². The van der Waals surface area contributed by atoms with Gasteiger partial charge in [0.2, 0.25) is 5.89 Å². The molecule has 84 valence electrons. The first kappa shape index (κ1) is 11.9. The van der Waals surface area contributed by atoms with Crippen LogP contribution in [0.25, 0.3) is 11.5 Å². The molecule has 2 aromatic rings. The molecular formula is C11H10ClIN2O. The third-order valence-corrected chi connectivity index (χ3v) is 3.24. The molecule has 0 aliphatic heterocycles. The molecule has 0 spiro atoms. The van der Waals surface area contributed by atoms with Crippen molar-refractivity contribution < 1.29 is 4.42 Å². The molecule has 1 aromatic heterocycles. The molecule has 2 rings (SSSR count). The predicted molar refractivity (Wildman–Crippen MR) is 72.4 cm³/mol. The fraction of sp³-hybridized carbons (Fsp3) is 0.182. The highest BCUT2D eigenvalue weighted by atomic mass is 127. The first-order chi connectivity index (χ1) is 7.70. The summed E-state index contributed by atoms with van der Waals surface area (Å²) in [7, 11) is 1.87. The normalized spacial score (nSPS) is 10.7. The molecule has 16 heavy (non-hydrogen) atoms. The van der Waals surface area contributed by atoms with Gasteiger partial charge in [-0.25, -0.2) is 4.98 Å². The van der Waals surface area contributed by atoms with Gasteiger partial charge in [-0.3, -0.25) is 0 Å². The van der Waals surface area contributed by atoms with Crippen LogP contribution in [0.15, 0.2) is 28.9 Å². The van der Waals surface area contributed by atoms with Crippen LogP contribution in [0, 0.1) is 3.57 Å². The molecule has 3 nitrogen and oxygen atoms in total. The van der Waals surface area contributed by atoms with E-state index in [9.17, 15) is 0 Å². The van der Waals surface area contributed by atoms with E-state index in [4.69, 9.17) is 16.0 Å². The summed E-state index contributed by atoms with van der Waals surface area (Å²) in [6.07, 6.45) is 1.66. The van der Waals surface area contributed by atoms with Crippen LogP contribution in [0.5, 0.6) is 0 Å². The molecule has 1 aromatic carbocycles. The minimum atomic E-state index is 0.608. The van der Waals surface area contributed by atoms with Gasteiger partial charge in [0.15, 0.2) is 0 Å². The third kappa shape index (κ3) is 2.56. The van der Waals surface area contributed by atoms with Crippen molar-refractivity contribution >= 4 is 34.2 Å². The Morgan fingerprint density at radius 1 is 1.50 bits per heavy atom. The molecule has 0 radical (unpaired) electrons. The van der Waals surface area contributed by atoms with Crippen LogP contribution in [-0.4, -0.2) is 12.0 Å². The van der Waals surface area contributed by atoms with Crippen LogP contribution in [0.3, 0.4) is 0 Å². The van der Waals surface area contributed by atoms with Crippen molar-refractivity contribution in [2.75, 3.05) is 7.05 Å². The second kappa shape index (κ2) is 5.16. The zero-order valence-corrected chi connectivity index (χ0v) is 11.5. The Morgan fingerprint density at radius 2 is 2.31 bits per heavy atom. The minimum absolute atomic E-state index is 0.608. The van der Waals surface area contributed by atoms with E-state index in [-0.39, 0.29) is 0 Å². The second-order valence-electron chi connectivity index (χ2n) is 3.30. The standard InChI is InChI=1S/C11H10ClIN2O/c1-14-5-8-6-16-11(15-8)9-4-7(12)2-3-10(9)13/h2-4,6,14H,5H2,1H3. The van der Waals surface area contributed by atoms with Crippen molar-refractivity contribution in [3.63, 3.8) is 0 Å². The Morgan fingerprint density at radius 3 is 3.06 bits per heavy atom. The molecule has 0 unspecified atom stereocenters. The van der Waals surface area contributed by atoms with Gasteiger partial charge in [-0.2, -0.15) is 0 Å². The van der Waals surface area contributed by atoms with Crippen LogP contribution in [0.4, 0.5) is 0 Å². The number of halogens is 2. The largest absolute Gasteiger partial charge is 0.444 e. The summed E-state index contributed by atoms with van der Waals surface area (Å²) in [4.78, 5) is 4.38. The number of nitrogens with zero attached hydrogens (tertiary/aromatic N) is 1. The highest BCUT2D eigenvalue weighted by molar-refractivity contribution is 14.1. The van der Waals surface area contributed by atoms with E-state index in [0.717, 1.165) is 14.8 Å². The van der Waals surface area contributed by atoms with Crippen molar-refractivity contribution in [3.05, 3.63) is 38.7 Å². The van der Waals surface area contributed by atoms with Crippen LogP contribution < -0.4 is 5.32 Å². The molecule has 0 atom stereocenters. The van der Waals surface area contributed by atoms with Gasteiger partial charge in [0, 0.05) is 15.1 Å². The number of hydrogen-bond donors (Lipinski definition) is 1. The second-order valence-corrected chi connectivity index (χ2v) is 4.90. The Kier molecular flexibility index (Phi) is 3.83. The first-order valence-corrected chi connectivity index (χ1v) is 6.21. The van der Waals surface area contributed by atoms with Gasteiger partial charge in [-0.1, -0.05) is 11.6 Å². The summed E-state index contributed by atoms with van der Waals surface area (Å²) in [6, 6.07) is 5.66. The van der Waals surface area contributed by atoms with E-state index in [1.54, 1.807) is 6.26 Å². The maximum Gasteiger partial charge on any atom is 0.227 e. The van der Waals surface area contributed by atoms with Gasteiger partial charge >= 0.3 is 0 Å². The van der Waals surface area contributed by atoms with Crippen LogP contribution in [0.2, 0.25) is 5.02 Å². The summed E-state index contributed by atoms with van der Waals surface area (Å²) < 4.78 is 6.49. The van der Waals surface area contributed by atoms with Crippen LogP contribution >= 0.6 is 34.2 Å². The Bertz CT molecular complexity index is 498. The molecule has 0 bridgehead atoms. The average Bonchev–Trinajstić information content (AvgIpc) is 2.71. The van der Waals surface area contributed by atoms with Crippen molar-refractivity contribution in [1.82, 2.24) is 10.3 Å². The molecule has 0 aliphatic rings. The number of benzene rings is 1. The number of oxazole rings is 1. The Balaban J connectivity index is 2.38. The summed E-state index contributed by atoms with van der Waals surface area (Å²) in [5.74, 6) is 0.608. The molecule has 5 heteroatoms. The number of hydrogen-bond acceptors (Lipinski definition) is 3. The monoisotopic (exact) mass is 348 g/mol. The highest BCUT2D eigenvalue weighted by Gasteiger charge is 2.10. The highest BCUT2D eigenvalue weighted by Crippen LogP contribution is 2.27. The van der Waals surface area contributed by atoms with E-state index in [1.807, 2.05) is 25.2 Å². The van der Waals surface area contributed by atoms with E-state index >= 15 is 0 Å². The summed E-state index contributed by atoms with van der Waals surface area (Å²) in [5, 5.41) is 3.71. The maximum atomic E-state index is 5.95. The number of rotatable bonds is 3. The van der Waals surface area contributed by atoms with E-state index in [0.29, 0.717) is 17.5 Å². The average molecular weight is 349 g/mol. The summed E-state index contributed by atoms with van der Waals surface area (Å²) in [5.41, 5.74) is 1.81. The minimum Gasteiger partial charge on any atom is -0.444 e. The lowest BCUT2D eigenvalue weighted by molar-refractivity contribution is 0.571. The first-order valence-electron chi connectivity index (χ1n) is 4.75. The lowest BCUT2D eigenvalue weighted by Crippen LogP contribution is -2.04. The van der Waals surface area contributed by atoms with Gasteiger partial charge in [0.1, 0.15) is 6.26 Å². The van der Waals surface area contributed by atoms with Gasteiger partial charge < -0.3 is 9.73 Å². The van der Waals surface area contributed by atoms with Crippen molar-refractivity contribution in [1.29, 1.82) is 0 Å². The molecule has 0 saturated heterocycles. The zero-order valence-electron chi connectivity index (χ0n) is 8.63. The van der Waals surface area contributed by atoms with Crippen LogP contribution in [-0.2, 0) is 6.54 Å². The van der Waals surface area contributed by atoms with Crippen LogP contribution in [0.1, 0.15) is 5.69 Å². The van der Waals surface area contributed by atoms with E-state index in [1.165, 1.54) is 0 Å². The molecule has 0 amide bonds. The van der Waals surface area contributed by atoms with E-state index in [2.05, 4.69) is 32.9 Å². The van der Waals surface area contributed by atoms with Gasteiger partial charge in [-0.15, -0.1) is 0 Å². The molecule has 1 N–H and O–H groups in total. The van der Waals surface area contributed by atoms with Gasteiger partial charge in [0.05, 0.1) is 11.3 Å². The fourth-order valence-corrected chi connectivity index (χ4v) is 2.09. The molecule has 0 fully saturated rings. The van der Waals surface area contributed by atoms with Crippen molar-refractivity contribution in [2.45, 2.75) is 6.54 Å². The van der Waals surface area contributed by atoms with Crippen molar-refractivity contribution in [2.24, 2.45) is 0 Å². The number of nitrogens with one attached hydrogen (secondary N) is 1. The van der Waals surface area contributed by atoms with E-state index < -0.39 is 0 Å². The third-order valence-electron chi connectivity index (χ3n) is 2.07. The van der Waals surface area contributed by atoms with Crippen molar-refractivity contribution in [3.8, 4) is 11.5 Å². The molecule has 0 aliphatic carbocycles. The zero-order chi connectivity index (χ0) is 11.5.